The third kappa shape index (κ3) is 3.64. The Morgan fingerprint density at radius 2 is 2.14 bits per heavy atom. The van der Waals surface area contributed by atoms with Gasteiger partial charge in [-0.25, -0.2) is 0 Å². The summed E-state index contributed by atoms with van der Waals surface area (Å²) in [5, 5.41) is 0.0151. The summed E-state index contributed by atoms with van der Waals surface area (Å²) in [5.74, 6) is 3.13. The van der Waals surface area contributed by atoms with Crippen molar-refractivity contribution < 1.29 is 14.3 Å². The molecule has 0 spiro atoms. The van der Waals surface area contributed by atoms with E-state index in [1.807, 2.05) is 23.1 Å². The highest BCUT2D eigenvalue weighted by atomic mass is 32.2. The lowest BCUT2D eigenvalue weighted by molar-refractivity contribution is -0.132. The highest BCUT2D eigenvalue weighted by molar-refractivity contribution is 7.99. The van der Waals surface area contributed by atoms with E-state index in [-0.39, 0.29) is 11.3 Å². The standard InChI is InChI=1S/C16H23NO3S/c1-11(2)9-15(18)17-7-8-21-16(17)13-10-12(19-3)5-6-14(13)20-4/h5-6,10-11,16H,7-9H2,1-4H3/t16-/m1/s1. The van der Waals surface area contributed by atoms with Crippen LogP contribution in [-0.4, -0.2) is 37.3 Å². The Kier molecular flexibility index (Phi) is 5.39. The van der Waals surface area contributed by atoms with E-state index in [9.17, 15) is 4.79 Å². The number of hydrogen-bond acceptors (Lipinski definition) is 4. The summed E-state index contributed by atoms with van der Waals surface area (Å²) in [6.07, 6.45) is 0.587. The minimum Gasteiger partial charge on any atom is -0.497 e. The lowest BCUT2D eigenvalue weighted by atomic mass is 10.1. The number of hydrogen-bond donors (Lipinski definition) is 0. The zero-order valence-corrected chi connectivity index (χ0v) is 13.9. The van der Waals surface area contributed by atoms with Crippen molar-refractivity contribution in [1.29, 1.82) is 0 Å². The molecule has 21 heavy (non-hydrogen) atoms. The molecule has 0 aromatic heterocycles. The van der Waals surface area contributed by atoms with Gasteiger partial charge in [0.2, 0.25) is 5.91 Å². The van der Waals surface area contributed by atoms with Crippen LogP contribution in [0.2, 0.25) is 0 Å². The molecule has 0 radical (unpaired) electrons. The molecule has 1 heterocycles. The van der Waals surface area contributed by atoms with Gasteiger partial charge in [0.25, 0.3) is 0 Å². The van der Waals surface area contributed by atoms with E-state index < -0.39 is 0 Å². The number of nitrogens with zero attached hydrogens (tertiary/aromatic N) is 1. The normalized spacial score (nSPS) is 18.1. The summed E-state index contributed by atoms with van der Waals surface area (Å²) >= 11 is 1.78. The molecule has 0 N–H and O–H groups in total. The van der Waals surface area contributed by atoms with E-state index in [0.717, 1.165) is 29.4 Å². The van der Waals surface area contributed by atoms with Crippen LogP contribution in [0.5, 0.6) is 11.5 Å². The van der Waals surface area contributed by atoms with Crippen molar-refractivity contribution in [2.45, 2.75) is 25.6 Å². The van der Waals surface area contributed by atoms with Gasteiger partial charge in [-0.2, -0.15) is 0 Å². The summed E-state index contributed by atoms with van der Waals surface area (Å²) in [6, 6.07) is 5.75. The van der Waals surface area contributed by atoms with Crippen molar-refractivity contribution in [2.75, 3.05) is 26.5 Å². The highest BCUT2D eigenvalue weighted by Gasteiger charge is 2.32. The summed E-state index contributed by atoms with van der Waals surface area (Å²) < 4.78 is 10.8. The van der Waals surface area contributed by atoms with Crippen molar-refractivity contribution in [3.8, 4) is 11.5 Å². The van der Waals surface area contributed by atoms with Gasteiger partial charge in [-0.05, 0) is 24.1 Å². The zero-order chi connectivity index (χ0) is 15.4. The maximum absolute atomic E-state index is 12.4. The fraction of sp³-hybridized carbons (Fsp3) is 0.562. The van der Waals surface area contributed by atoms with Crippen LogP contribution in [0.3, 0.4) is 0 Å². The largest absolute Gasteiger partial charge is 0.497 e. The number of carbonyl (C=O) groups excluding carboxylic acids is 1. The number of ether oxygens (including phenoxy) is 2. The first-order valence-electron chi connectivity index (χ1n) is 7.19. The lowest BCUT2D eigenvalue weighted by Crippen LogP contribution is -2.31. The molecule has 5 heteroatoms. The fourth-order valence-electron chi connectivity index (χ4n) is 2.48. The van der Waals surface area contributed by atoms with E-state index in [1.54, 1.807) is 26.0 Å². The molecule has 0 saturated carbocycles. The lowest BCUT2D eigenvalue weighted by Gasteiger charge is -2.26. The monoisotopic (exact) mass is 309 g/mol. The second kappa shape index (κ2) is 7.07. The Bertz CT molecular complexity index is 504. The van der Waals surface area contributed by atoms with Crippen LogP contribution in [0, 0.1) is 5.92 Å². The van der Waals surface area contributed by atoms with E-state index >= 15 is 0 Å². The van der Waals surface area contributed by atoms with Crippen LogP contribution in [0.25, 0.3) is 0 Å². The first kappa shape index (κ1) is 16.0. The molecule has 1 aliphatic rings. The van der Waals surface area contributed by atoms with Gasteiger partial charge < -0.3 is 14.4 Å². The number of carbonyl (C=O) groups is 1. The second-order valence-electron chi connectivity index (χ2n) is 5.52. The average Bonchev–Trinajstić information content (AvgIpc) is 2.95. The van der Waals surface area contributed by atoms with Gasteiger partial charge >= 0.3 is 0 Å². The van der Waals surface area contributed by atoms with E-state index in [2.05, 4.69) is 13.8 Å². The van der Waals surface area contributed by atoms with E-state index in [4.69, 9.17) is 9.47 Å². The molecule has 1 aromatic rings. The minimum atomic E-state index is 0.0151. The van der Waals surface area contributed by atoms with Crippen molar-refractivity contribution in [2.24, 2.45) is 5.92 Å². The molecule has 1 fully saturated rings. The van der Waals surface area contributed by atoms with Gasteiger partial charge in [0.1, 0.15) is 16.9 Å². The molecular formula is C16H23NO3S. The number of benzene rings is 1. The van der Waals surface area contributed by atoms with Gasteiger partial charge in [0.15, 0.2) is 0 Å². The Labute approximate surface area is 130 Å². The van der Waals surface area contributed by atoms with Crippen LogP contribution >= 0.6 is 11.8 Å². The van der Waals surface area contributed by atoms with Crippen LogP contribution in [0.15, 0.2) is 18.2 Å². The predicted molar refractivity (Wildman–Crippen MR) is 85.9 cm³/mol. The summed E-state index contributed by atoms with van der Waals surface area (Å²) in [5.41, 5.74) is 1.01. The summed E-state index contributed by atoms with van der Waals surface area (Å²) in [4.78, 5) is 14.4. The summed E-state index contributed by atoms with van der Waals surface area (Å²) in [6.45, 7) is 4.94. The van der Waals surface area contributed by atoms with Crippen LogP contribution in [-0.2, 0) is 4.79 Å². The molecular weight excluding hydrogens is 286 g/mol. The molecule has 4 nitrogen and oxygen atoms in total. The maximum atomic E-state index is 12.4. The smallest absolute Gasteiger partial charge is 0.224 e. The van der Waals surface area contributed by atoms with Crippen LogP contribution < -0.4 is 9.47 Å². The van der Waals surface area contributed by atoms with Crippen molar-refractivity contribution in [3.05, 3.63) is 23.8 Å². The topological polar surface area (TPSA) is 38.8 Å². The SMILES string of the molecule is COc1ccc(OC)c([C@H]2SCCN2C(=O)CC(C)C)c1. The number of methoxy groups -OCH3 is 2. The van der Waals surface area contributed by atoms with Gasteiger partial charge in [-0.3, -0.25) is 4.79 Å². The molecule has 1 atom stereocenters. The van der Waals surface area contributed by atoms with Crippen molar-refractivity contribution in [1.82, 2.24) is 4.90 Å². The first-order valence-corrected chi connectivity index (χ1v) is 8.24. The second-order valence-corrected chi connectivity index (χ2v) is 6.70. The van der Waals surface area contributed by atoms with E-state index in [0.29, 0.717) is 12.3 Å². The number of rotatable bonds is 5. The Morgan fingerprint density at radius 3 is 2.76 bits per heavy atom. The Balaban J connectivity index is 2.28. The molecule has 1 aromatic carbocycles. The quantitative estimate of drug-likeness (QED) is 0.836. The Hall–Kier alpha value is -1.36. The highest BCUT2D eigenvalue weighted by Crippen LogP contribution is 2.43. The van der Waals surface area contributed by atoms with Crippen LogP contribution in [0.1, 0.15) is 31.2 Å². The Morgan fingerprint density at radius 1 is 1.38 bits per heavy atom. The third-order valence-corrected chi connectivity index (χ3v) is 4.74. The van der Waals surface area contributed by atoms with Crippen molar-refractivity contribution >= 4 is 17.7 Å². The van der Waals surface area contributed by atoms with Crippen molar-refractivity contribution in [3.63, 3.8) is 0 Å². The molecule has 116 valence electrons. The molecule has 2 rings (SSSR count). The number of thioether (sulfide) groups is 1. The zero-order valence-electron chi connectivity index (χ0n) is 13.1. The fourth-order valence-corrected chi connectivity index (χ4v) is 3.77. The third-order valence-electron chi connectivity index (χ3n) is 3.50. The molecule has 0 aliphatic carbocycles. The van der Waals surface area contributed by atoms with Gasteiger partial charge in [-0.1, -0.05) is 13.8 Å². The van der Waals surface area contributed by atoms with Gasteiger partial charge in [0.05, 0.1) is 14.2 Å². The van der Waals surface area contributed by atoms with E-state index in [1.165, 1.54) is 0 Å². The molecule has 1 amide bonds. The molecule has 0 unspecified atom stereocenters. The van der Waals surface area contributed by atoms with Crippen LogP contribution in [0.4, 0.5) is 0 Å². The average molecular weight is 309 g/mol. The molecule has 0 bridgehead atoms. The number of amides is 1. The predicted octanol–water partition coefficient (Wildman–Crippen LogP) is 3.32. The first-order chi connectivity index (χ1) is 10.1. The minimum absolute atomic E-state index is 0.0151. The van der Waals surface area contributed by atoms with Gasteiger partial charge in [0, 0.05) is 24.3 Å². The molecule has 1 saturated heterocycles. The maximum Gasteiger partial charge on any atom is 0.224 e. The summed E-state index contributed by atoms with van der Waals surface area (Å²) in [7, 11) is 3.31. The molecule has 1 aliphatic heterocycles. The van der Waals surface area contributed by atoms with Gasteiger partial charge in [-0.15, -0.1) is 11.8 Å².